The van der Waals surface area contributed by atoms with E-state index in [1.165, 1.54) is 0 Å². The number of morpholine rings is 1. The molecule has 2 unspecified atom stereocenters. The van der Waals surface area contributed by atoms with Gasteiger partial charge in [-0.2, -0.15) is 0 Å². The number of hydrogen-bond donors (Lipinski definition) is 1. The SMILES string of the molecule is CCCS(=O)(=O)Nc1ccc(F)c(C(=O)C2=CCc3ncc(N4CC(C)OC(C)C4)cc32)c1F. The molecule has 1 N–H and O–H groups in total. The van der Waals surface area contributed by atoms with E-state index in [-0.39, 0.29) is 23.5 Å². The van der Waals surface area contributed by atoms with Gasteiger partial charge in [-0.3, -0.25) is 14.5 Å². The van der Waals surface area contributed by atoms with Crippen molar-refractivity contribution in [3.63, 3.8) is 0 Å². The first-order valence-electron chi connectivity index (χ1n) is 11.2. The van der Waals surface area contributed by atoms with Crippen molar-refractivity contribution in [1.29, 1.82) is 0 Å². The molecule has 1 aliphatic carbocycles. The zero-order valence-electron chi connectivity index (χ0n) is 19.3. The van der Waals surface area contributed by atoms with Crippen LogP contribution in [0.3, 0.4) is 0 Å². The first kappa shape index (κ1) is 24.3. The van der Waals surface area contributed by atoms with Gasteiger partial charge in [-0.25, -0.2) is 17.2 Å². The van der Waals surface area contributed by atoms with Gasteiger partial charge >= 0.3 is 0 Å². The van der Waals surface area contributed by atoms with E-state index < -0.39 is 38.7 Å². The largest absolute Gasteiger partial charge is 0.372 e. The molecule has 2 heterocycles. The molecule has 2 atom stereocenters. The van der Waals surface area contributed by atoms with Crippen molar-refractivity contribution in [3.05, 3.63) is 58.9 Å². The second kappa shape index (κ2) is 9.42. The van der Waals surface area contributed by atoms with Gasteiger partial charge in [0.15, 0.2) is 11.6 Å². The zero-order chi connectivity index (χ0) is 24.6. The molecule has 7 nitrogen and oxygen atoms in total. The van der Waals surface area contributed by atoms with Crippen LogP contribution in [0.5, 0.6) is 0 Å². The molecule has 1 aromatic heterocycles. The molecular formula is C24H27F2N3O4S. The molecule has 1 aromatic carbocycles. The Bertz CT molecular complexity index is 1250. The molecule has 0 saturated carbocycles. The Hall–Kier alpha value is -2.85. The Kier molecular flexibility index (Phi) is 6.73. The number of halogens is 2. The summed E-state index contributed by atoms with van der Waals surface area (Å²) in [5, 5.41) is 0. The number of pyridine rings is 1. The molecule has 182 valence electrons. The van der Waals surface area contributed by atoms with Crippen LogP contribution in [0.4, 0.5) is 20.2 Å². The number of Topliss-reactive ketones (excluding diaryl/α,β-unsaturated/α-hetero) is 1. The lowest BCUT2D eigenvalue weighted by Gasteiger charge is -2.36. The van der Waals surface area contributed by atoms with Gasteiger partial charge in [-0.05, 0) is 38.5 Å². The Morgan fingerprint density at radius 3 is 2.62 bits per heavy atom. The summed E-state index contributed by atoms with van der Waals surface area (Å²) < 4.78 is 61.9. The minimum Gasteiger partial charge on any atom is -0.372 e. The molecule has 1 fully saturated rings. The lowest BCUT2D eigenvalue weighted by atomic mass is 9.97. The van der Waals surface area contributed by atoms with Crippen LogP contribution in [0.25, 0.3) is 5.57 Å². The summed E-state index contributed by atoms with van der Waals surface area (Å²) in [6.07, 6.45) is 4.06. The number of allylic oxidation sites excluding steroid dienone is 2. The number of fused-ring (bicyclic) bond motifs is 1. The average Bonchev–Trinajstić information content (AvgIpc) is 3.18. The van der Waals surface area contributed by atoms with E-state index in [0.29, 0.717) is 37.2 Å². The molecule has 0 bridgehead atoms. The van der Waals surface area contributed by atoms with E-state index in [1.54, 1.807) is 19.2 Å². The fraction of sp³-hybridized carbons (Fsp3) is 0.417. The summed E-state index contributed by atoms with van der Waals surface area (Å²) in [5.74, 6) is -3.37. The minimum atomic E-state index is -3.82. The maximum Gasteiger partial charge on any atom is 0.232 e. The summed E-state index contributed by atoms with van der Waals surface area (Å²) >= 11 is 0. The molecule has 0 radical (unpaired) electrons. The fourth-order valence-electron chi connectivity index (χ4n) is 4.42. The summed E-state index contributed by atoms with van der Waals surface area (Å²) in [4.78, 5) is 19.9. The maximum atomic E-state index is 15.2. The van der Waals surface area contributed by atoms with Gasteiger partial charge in [-0.15, -0.1) is 0 Å². The number of nitrogens with zero attached hydrogens (tertiary/aromatic N) is 2. The van der Waals surface area contributed by atoms with Crippen molar-refractivity contribution >= 4 is 32.8 Å². The normalized spacial score (nSPS) is 20.1. The summed E-state index contributed by atoms with van der Waals surface area (Å²) in [5.41, 5.74) is 0.843. The summed E-state index contributed by atoms with van der Waals surface area (Å²) in [6.45, 7) is 6.93. The highest BCUT2D eigenvalue weighted by atomic mass is 32.2. The van der Waals surface area contributed by atoms with Crippen molar-refractivity contribution in [1.82, 2.24) is 4.98 Å². The predicted molar refractivity (Wildman–Crippen MR) is 127 cm³/mol. The van der Waals surface area contributed by atoms with Crippen LogP contribution in [0.15, 0.2) is 30.5 Å². The molecular weight excluding hydrogens is 464 g/mol. The minimum absolute atomic E-state index is 0.0241. The summed E-state index contributed by atoms with van der Waals surface area (Å²) in [7, 11) is -3.82. The average molecular weight is 492 g/mol. The number of benzene rings is 1. The first-order valence-corrected chi connectivity index (χ1v) is 12.9. The van der Waals surface area contributed by atoms with Gasteiger partial charge in [0, 0.05) is 30.6 Å². The number of aromatic nitrogens is 1. The number of ketones is 1. The molecule has 10 heteroatoms. The highest BCUT2D eigenvalue weighted by molar-refractivity contribution is 7.92. The van der Waals surface area contributed by atoms with E-state index in [4.69, 9.17) is 4.74 Å². The number of hydrogen-bond acceptors (Lipinski definition) is 6. The van der Waals surface area contributed by atoms with Crippen molar-refractivity contribution < 1.29 is 26.7 Å². The highest BCUT2D eigenvalue weighted by Gasteiger charge is 2.30. The topological polar surface area (TPSA) is 88.6 Å². The van der Waals surface area contributed by atoms with E-state index in [9.17, 15) is 17.6 Å². The highest BCUT2D eigenvalue weighted by Crippen LogP contribution is 2.35. The number of carbonyl (C=O) groups is 1. The van der Waals surface area contributed by atoms with Crippen molar-refractivity contribution in [3.8, 4) is 0 Å². The van der Waals surface area contributed by atoms with Gasteiger partial charge in [-0.1, -0.05) is 13.0 Å². The van der Waals surface area contributed by atoms with Gasteiger partial charge in [0.05, 0.1) is 46.8 Å². The van der Waals surface area contributed by atoms with Gasteiger partial charge < -0.3 is 9.64 Å². The van der Waals surface area contributed by atoms with Crippen LogP contribution in [-0.4, -0.2) is 50.2 Å². The number of anilines is 2. The zero-order valence-corrected chi connectivity index (χ0v) is 20.1. The van der Waals surface area contributed by atoms with Crippen LogP contribution < -0.4 is 9.62 Å². The third kappa shape index (κ3) is 4.83. The lowest BCUT2D eigenvalue weighted by molar-refractivity contribution is -0.00523. The molecule has 2 aromatic rings. The molecule has 1 aliphatic heterocycles. The molecule has 0 spiro atoms. The Balaban J connectivity index is 1.67. The number of sulfonamides is 1. The lowest BCUT2D eigenvalue weighted by Crippen LogP contribution is -2.45. The number of ether oxygens (including phenoxy) is 1. The van der Waals surface area contributed by atoms with Crippen LogP contribution in [0.1, 0.15) is 48.8 Å². The van der Waals surface area contributed by atoms with E-state index in [2.05, 4.69) is 14.6 Å². The maximum absolute atomic E-state index is 15.2. The Labute approximate surface area is 197 Å². The molecule has 4 rings (SSSR count). The first-order chi connectivity index (χ1) is 16.1. The molecule has 0 amide bonds. The van der Waals surface area contributed by atoms with E-state index >= 15 is 4.39 Å². The number of rotatable bonds is 7. The van der Waals surface area contributed by atoms with Gasteiger partial charge in [0.25, 0.3) is 0 Å². The van der Waals surface area contributed by atoms with Crippen LogP contribution in [0.2, 0.25) is 0 Å². The third-order valence-corrected chi connectivity index (χ3v) is 7.31. The summed E-state index contributed by atoms with van der Waals surface area (Å²) in [6, 6.07) is 3.68. The van der Waals surface area contributed by atoms with Gasteiger partial charge in [0.2, 0.25) is 10.0 Å². The van der Waals surface area contributed by atoms with Gasteiger partial charge in [0.1, 0.15) is 5.82 Å². The smallest absolute Gasteiger partial charge is 0.232 e. The quantitative estimate of drug-likeness (QED) is 0.590. The standard InChI is InChI=1S/C24H27F2N3O4S/c1-4-9-34(31,32)28-21-8-6-19(25)22(23(21)26)24(30)17-5-7-20-18(17)10-16(11-27-20)29-12-14(2)33-15(3)13-29/h5-6,8,10-11,14-15,28H,4,7,9,12-13H2,1-3H3. The molecule has 1 saturated heterocycles. The number of carbonyl (C=O) groups excluding carboxylic acids is 1. The second-order valence-corrected chi connectivity index (χ2v) is 10.5. The molecule has 2 aliphatic rings. The number of nitrogens with one attached hydrogen (secondary N) is 1. The monoisotopic (exact) mass is 491 g/mol. The van der Waals surface area contributed by atoms with E-state index in [0.717, 1.165) is 17.8 Å². The predicted octanol–water partition coefficient (Wildman–Crippen LogP) is 3.95. The Morgan fingerprint density at radius 2 is 1.94 bits per heavy atom. The third-order valence-electron chi connectivity index (χ3n) is 5.83. The van der Waals surface area contributed by atoms with Crippen LogP contribution in [-0.2, 0) is 21.2 Å². The van der Waals surface area contributed by atoms with E-state index in [1.807, 2.05) is 19.9 Å². The fourth-order valence-corrected chi connectivity index (χ4v) is 5.56. The van der Waals surface area contributed by atoms with Crippen molar-refractivity contribution in [2.24, 2.45) is 0 Å². The Morgan fingerprint density at radius 1 is 1.24 bits per heavy atom. The molecule has 34 heavy (non-hydrogen) atoms. The van der Waals surface area contributed by atoms with Crippen molar-refractivity contribution in [2.45, 2.75) is 45.8 Å². The van der Waals surface area contributed by atoms with Crippen LogP contribution in [0, 0.1) is 11.6 Å². The van der Waals surface area contributed by atoms with Crippen LogP contribution >= 0.6 is 0 Å². The van der Waals surface area contributed by atoms with Crippen molar-refractivity contribution in [2.75, 3.05) is 28.5 Å². The second-order valence-electron chi connectivity index (χ2n) is 8.71.